The number of Topliss-reactive ketones (excluding diaryl/α,β-unsaturated/α-hetero) is 2. The minimum absolute atomic E-state index is 0.283. The van der Waals surface area contributed by atoms with Gasteiger partial charge >= 0.3 is 11.9 Å². The van der Waals surface area contributed by atoms with Crippen LogP contribution in [0.5, 0.6) is 0 Å². The van der Waals surface area contributed by atoms with Crippen molar-refractivity contribution in [3.8, 4) is 0 Å². The molecule has 0 spiro atoms. The highest BCUT2D eigenvalue weighted by molar-refractivity contribution is 8.08. The number of ether oxygens (including phenoxy) is 2. The van der Waals surface area contributed by atoms with Gasteiger partial charge in [-0.15, -0.1) is 0 Å². The summed E-state index contributed by atoms with van der Waals surface area (Å²) in [4.78, 5) is 55.6. The number of hydrogen-bond acceptors (Lipinski definition) is 8. The van der Waals surface area contributed by atoms with Crippen LogP contribution >= 0.6 is 23.5 Å². The summed E-state index contributed by atoms with van der Waals surface area (Å²) in [6.07, 6.45) is 44.0. The molecule has 2 aromatic rings. The van der Waals surface area contributed by atoms with Gasteiger partial charge in [-0.1, -0.05) is 255 Å². The molecule has 8 heteroatoms. The molecular formula is C56H84O6S2. The Balaban J connectivity index is 1.08. The molecule has 0 radical (unpaired) electrons. The zero-order chi connectivity index (χ0) is 45.5. The predicted molar refractivity (Wildman–Crippen MR) is 269 cm³/mol. The van der Waals surface area contributed by atoms with Gasteiger partial charge < -0.3 is 9.47 Å². The molecule has 0 saturated carbocycles. The Kier molecular flexibility index (Phi) is 28.2. The molecular weight excluding hydrogens is 833 g/mol. The monoisotopic (exact) mass is 917 g/mol. The summed E-state index contributed by atoms with van der Waals surface area (Å²) >= 11 is 2.31. The Labute approximate surface area is 397 Å². The molecule has 6 nitrogen and oxygen atoms in total. The topological polar surface area (TPSA) is 86.7 Å². The fraction of sp³-hybridized carbons (Fsp3) is 0.679. The highest BCUT2D eigenvalue weighted by atomic mass is 32.2. The number of rotatable bonds is 38. The van der Waals surface area contributed by atoms with Crippen LogP contribution in [-0.4, -0.2) is 36.7 Å². The minimum atomic E-state index is -0.446. The number of unbranched alkanes of at least 4 members (excludes halogenated alkanes) is 32. The van der Waals surface area contributed by atoms with Crippen molar-refractivity contribution in [3.05, 3.63) is 68.5 Å². The van der Waals surface area contributed by atoms with Crippen LogP contribution in [0.2, 0.25) is 0 Å². The number of fused-ring (bicyclic) bond motifs is 2. The maximum atomic E-state index is 13.7. The van der Waals surface area contributed by atoms with Gasteiger partial charge in [-0.05, 0) is 37.1 Å². The van der Waals surface area contributed by atoms with E-state index >= 15 is 0 Å². The first kappa shape index (κ1) is 53.8. The molecule has 64 heavy (non-hydrogen) atoms. The summed E-state index contributed by atoms with van der Waals surface area (Å²) in [5.41, 5.74) is 1.50. The van der Waals surface area contributed by atoms with Crippen molar-refractivity contribution >= 4 is 47.0 Å². The number of ketones is 2. The summed E-state index contributed by atoms with van der Waals surface area (Å²) in [6, 6.07) is 10.2. The number of carbonyl (C=O) groups excluding carboxylic acids is 4. The number of hydrogen-bond donors (Lipinski definition) is 0. The fourth-order valence-corrected chi connectivity index (χ4v) is 11.5. The summed E-state index contributed by atoms with van der Waals surface area (Å²) in [6.45, 7) is 5.24. The average molecular weight is 917 g/mol. The van der Waals surface area contributed by atoms with E-state index in [0.717, 1.165) is 62.0 Å². The quantitative estimate of drug-likeness (QED) is 0.0374. The van der Waals surface area contributed by atoms with Crippen LogP contribution in [0, 0.1) is 0 Å². The van der Waals surface area contributed by atoms with Crippen LogP contribution in [0.15, 0.2) is 56.0 Å². The molecule has 0 atom stereocenters. The van der Waals surface area contributed by atoms with Crippen molar-refractivity contribution < 1.29 is 28.7 Å². The van der Waals surface area contributed by atoms with Crippen molar-refractivity contribution in [2.45, 2.75) is 242 Å². The van der Waals surface area contributed by atoms with E-state index in [9.17, 15) is 19.2 Å². The van der Waals surface area contributed by atoms with E-state index in [1.165, 1.54) is 180 Å². The molecule has 0 amide bonds. The molecule has 0 N–H and O–H groups in total. The molecule has 4 rings (SSSR count). The summed E-state index contributed by atoms with van der Waals surface area (Å²) < 4.78 is 11.4. The number of esters is 2. The van der Waals surface area contributed by atoms with Gasteiger partial charge in [-0.3, -0.25) is 9.59 Å². The molecule has 356 valence electrons. The third kappa shape index (κ3) is 19.6. The third-order valence-electron chi connectivity index (χ3n) is 12.9. The molecule has 2 aliphatic rings. The van der Waals surface area contributed by atoms with Crippen molar-refractivity contribution in [2.75, 3.05) is 13.2 Å². The number of benzene rings is 2. The Morgan fingerprint density at radius 1 is 0.375 bits per heavy atom. The minimum Gasteiger partial charge on any atom is -0.462 e. The molecule has 0 unspecified atom stereocenters. The second-order valence-corrected chi connectivity index (χ2v) is 20.5. The zero-order valence-corrected chi connectivity index (χ0v) is 41.8. The van der Waals surface area contributed by atoms with Gasteiger partial charge in [0.05, 0.1) is 34.2 Å². The average Bonchev–Trinajstić information content (AvgIpc) is 3.83. The lowest BCUT2D eigenvalue weighted by atomic mass is 10.0. The normalized spacial score (nSPS) is 14.3. The first-order chi connectivity index (χ1) is 31.5. The van der Waals surface area contributed by atoms with E-state index in [1.54, 1.807) is 36.4 Å². The van der Waals surface area contributed by atoms with E-state index in [1.807, 2.05) is 0 Å². The smallest absolute Gasteiger partial charge is 0.339 e. The summed E-state index contributed by atoms with van der Waals surface area (Å²) in [5, 5.41) is 0. The summed E-state index contributed by atoms with van der Waals surface area (Å²) in [7, 11) is 0. The Hall–Kier alpha value is -2.84. The molecule has 2 heterocycles. The lowest BCUT2D eigenvalue weighted by Gasteiger charge is -2.08. The largest absolute Gasteiger partial charge is 0.462 e. The van der Waals surface area contributed by atoms with E-state index in [2.05, 4.69) is 13.8 Å². The molecule has 0 bridgehead atoms. The zero-order valence-electron chi connectivity index (χ0n) is 40.2. The number of carbonyl (C=O) groups is 4. The number of thioether (sulfide) groups is 2. The molecule has 0 fully saturated rings. The van der Waals surface area contributed by atoms with E-state index in [-0.39, 0.29) is 21.4 Å². The van der Waals surface area contributed by atoms with Gasteiger partial charge in [0.25, 0.3) is 0 Å². The van der Waals surface area contributed by atoms with E-state index in [4.69, 9.17) is 9.47 Å². The summed E-state index contributed by atoms with van der Waals surface area (Å²) in [5.74, 6) is -1.46. The second kappa shape index (κ2) is 33.6. The van der Waals surface area contributed by atoms with Crippen LogP contribution in [0.3, 0.4) is 0 Å². The van der Waals surface area contributed by atoms with Crippen LogP contribution in [0.4, 0.5) is 0 Å². The molecule has 0 saturated heterocycles. The van der Waals surface area contributed by atoms with Crippen LogP contribution in [0.25, 0.3) is 0 Å². The lowest BCUT2D eigenvalue weighted by Crippen LogP contribution is -2.08. The van der Waals surface area contributed by atoms with Crippen LogP contribution in [0.1, 0.15) is 274 Å². The molecule has 2 aliphatic heterocycles. The van der Waals surface area contributed by atoms with Gasteiger partial charge in [0, 0.05) is 20.9 Å². The van der Waals surface area contributed by atoms with Gasteiger partial charge in [-0.2, -0.15) is 0 Å². The first-order valence-corrected chi connectivity index (χ1v) is 27.9. The van der Waals surface area contributed by atoms with Gasteiger partial charge in [-0.25, -0.2) is 9.59 Å². The van der Waals surface area contributed by atoms with E-state index < -0.39 is 11.9 Å². The van der Waals surface area contributed by atoms with Crippen molar-refractivity contribution in [3.63, 3.8) is 0 Å². The van der Waals surface area contributed by atoms with Crippen LogP contribution in [-0.2, 0) is 9.47 Å². The van der Waals surface area contributed by atoms with Crippen molar-refractivity contribution in [2.24, 2.45) is 0 Å². The SMILES string of the molecule is CCCCCCCCCCCCCCCCCCCOC(=O)c1cccc2c1S/C(=C1/Sc3c(C(=O)OCCCCCCCCCCCCCCCCCCC)cccc3C1=O)C2=O. The van der Waals surface area contributed by atoms with Gasteiger partial charge in [0.15, 0.2) is 0 Å². The standard InChI is InChI=1S/C56H84O6S2/c1-3-5-7-9-11-13-15-17-19-21-23-25-27-29-31-33-35-43-61-55(59)47-41-37-39-45-49(57)53(63-51(45)47)54-50(58)46-40-38-42-48(52(46)64-54)56(60)62-44-36-34-32-30-28-26-24-22-20-18-16-14-12-10-8-6-4-2/h37-42H,3-36,43-44H2,1-2H3/b54-53+. The fourth-order valence-electron chi connectivity index (χ4n) is 8.95. The third-order valence-corrected chi connectivity index (χ3v) is 15.6. The highest BCUT2D eigenvalue weighted by Gasteiger charge is 2.39. The molecule has 2 aromatic carbocycles. The maximum Gasteiger partial charge on any atom is 0.339 e. The lowest BCUT2D eigenvalue weighted by molar-refractivity contribution is 0.0484. The van der Waals surface area contributed by atoms with Crippen LogP contribution < -0.4 is 0 Å². The predicted octanol–water partition coefficient (Wildman–Crippen LogP) is 17.8. The highest BCUT2D eigenvalue weighted by Crippen LogP contribution is 2.51. The second-order valence-electron chi connectivity index (χ2n) is 18.5. The first-order valence-electron chi connectivity index (χ1n) is 26.3. The maximum absolute atomic E-state index is 13.7. The number of allylic oxidation sites excluding steroid dienone is 2. The molecule has 0 aromatic heterocycles. The Bertz CT molecular complexity index is 1590. The van der Waals surface area contributed by atoms with Gasteiger partial charge in [0.2, 0.25) is 11.6 Å². The Morgan fingerprint density at radius 3 is 0.891 bits per heavy atom. The van der Waals surface area contributed by atoms with E-state index in [0.29, 0.717) is 45.3 Å². The Morgan fingerprint density at radius 2 is 0.625 bits per heavy atom. The van der Waals surface area contributed by atoms with Gasteiger partial charge in [0.1, 0.15) is 0 Å². The van der Waals surface area contributed by atoms with Crippen molar-refractivity contribution in [1.82, 2.24) is 0 Å². The molecule has 0 aliphatic carbocycles. The van der Waals surface area contributed by atoms with Crippen molar-refractivity contribution in [1.29, 1.82) is 0 Å².